The van der Waals surface area contributed by atoms with Crippen molar-refractivity contribution in [2.24, 2.45) is 10.9 Å². The molecule has 0 amide bonds. The summed E-state index contributed by atoms with van der Waals surface area (Å²) in [6.45, 7) is 9.49. The maximum Gasteiger partial charge on any atom is 0.0385 e. The molecular weight excluding hydrogens is 196 g/mol. The molecule has 0 saturated carbocycles. The molecule has 1 aliphatic rings. The number of nitrogens with zero attached hydrogens (tertiary/aromatic N) is 1. The zero-order valence-electron chi connectivity index (χ0n) is 11.6. The van der Waals surface area contributed by atoms with Crippen LogP contribution in [0.4, 0.5) is 0 Å². The van der Waals surface area contributed by atoms with Crippen molar-refractivity contribution in [1.29, 1.82) is 0 Å². The fourth-order valence-corrected chi connectivity index (χ4v) is 2.11. The van der Waals surface area contributed by atoms with Gasteiger partial charge in [0, 0.05) is 24.7 Å². The molecule has 0 aliphatic carbocycles. The smallest absolute Gasteiger partial charge is 0.0385 e. The van der Waals surface area contributed by atoms with Crippen LogP contribution in [0.5, 0.6) is 0 Å². The Hall–Kier alpha value is -0.630. The van der Waals surface area contributed by atoms with Crippen LogP contribution < -0.4 is 5.32 Å². The highest BCUT2D eigenvalue weighted by molar-refractivity contribution is 5.96. The lowest BCUT2D eigenvalue weighted by Gasteiger charge is -2.29. The lowest BCUT2D eigenvalue weighted by atomic mass is 9.89. The molecule has 0 spiro atoms. The first kappa shape index (κ1) is 15.4. The average molecular weight is 224 g/mol. The molecule has 0 radical (unpaired) electrons. The number of hydrogen-bond donors (Lipinski definition) is 1. The van der Waals surface area contributed by atoms with Crippen LogP contribution in [0, 0.1) is 5.92 Å². The zero-order chi connectivity index (χ0) is 12.4. The van der Waals surface area contributed by atoms with Crippen LogP contribution in [0.15, 0.2) is 17.1 Å². The molecule has 0 aromatic rings. The van der Waals surface area contributed by atoms with Gasteiger partial charge >= 0.3 is 0 Å². The molecule has 1 aliphatic heterocycles. The van der Waals surface area contributed by atoms with Crippen LogP contribution in [-0.4, -0.2) is 25.3 Å². The Labute approximate surface area is 101 Å². The van der Waals surface area contributed by atoms with E-state index in [-0.39, 0.29) is 0 Å². The first-order valence-electron chi connectivity index (χ1n) is 6.62. The van der Waals surface area contributed by atoms with E-state index in [4.69, 9.17) is 0 Å². The number of aliphatic imine (C=N–C) groups is 1. The van der Waals surface area contributed by atoms with Gasteiger partial charge in [0.2, 0.25) is 0 Å². The molecule has 0 bridgehead atoms. The maximum atomic E-state index is 4.34. The molecule has 1 saturated heterocycles. The summed E-state index contributed by atoms with van der Waals surface area (Å²) in [7, 11) is 1.88. The predicted molar refractivity (Wildman–Crippen MR) is 74.3 cm³/mol. The molecule has 0 aromatic heterocycles. The Kier molecular flexibility index (Phi) is 9.21. The largest absolute Gasteiger partial charge is 0.313 e. The summed E-state index contributed by atoms with van der Waals surface area (Å²) in [5.41, 5.74) is 1.21. The average Bonchev–Trinajstić information content (AvgIpc) is 2.38. The van der Waals surface area contributed by atoms with Crippen molar-refractivity contribution in [2.75, 3.05) is 13.6 Å². The molecule has 2 unspecified atom stereocenters. The van der Waals surface area contributed by atoms with E-state index in [0.717, 1.165) is 0 Å². The SMILES string of the molecule is C/C=C\C(=NC)C(C)C1CCCCN1.CC. The normalized spacial score (nSPS) is 23.8. The zero-order valence-corrected chi connectivity index (χ0v) is 11.6. The van der Waals surface area contributed by atoms with Gasteiger partial charge in [0.15, 0.2) is 0 Å². The second-order valence-electron chi connectivity index (χ2n) is 3.99. The van der Waals surface area contributed by atoms with Crippen LogP contribution in [0.25, 0.3) is 0 Å². The molecular formula is C14H28N2. The van der Waals surface area contributed by atoms with Gasteiger partial charge in [-0.3, -0.25) is 4.99 Å². The lowest BCUT2D eigenvalue weighted by Crippen LogP contribution is -2.41. The number of rotatable bonds is 3. The van der Waals surface area contributed by atoms with E-state index >= 15 is 0 Å². The lowest BCUT2D eigenvalue weighted by molar-refractivity contribution is 0.358. The van der Waals surface area contributed by atoms with Crippen LogP contribution in [0.2, 0.25) is 0 Å². The van der Waals surface area contributed by atoms with E-state index in [9.17, 15) is 0 Å². The summed E-state index contributed by atoms with van der Waals surface area (Å²) in [5, 5.41) is 3.58. The van der Waals surface area contributed by atoms with E-state index < -0.39 is 0 Å². The molecule has 94 valence electrons. The van der Waals surface area contributed by atoms with Crippen molar-refractivity contribution in [2.45, 2.75) is 53.0 Å². The number of nitrogens with one attached hydrogen (secondary N) is 1. The monoisotopic (exact) mass is 224 g/mol. The van der Waals surface area contributed by atoms with Crippen molar-refractivity contribution < 1.29 is 0 Å². The van der Waals surface area contributed by atoms with Crippen molar-refractivity contribution >= 4 is 5.71 Å². The van der Waals surface area contributed by atoms with Crippen LogP contribution in [0.3, 0.4) is 0 Å². The second kappa shape index (κ2) is 9.59. The summed E-state index contributed by atoms with van der Waals surface area (Å²) >= 11 is 0. The summed E-state index contributed by atoms with van der Waals surface area (Å²) in [6.07, 6.45) is 8.17. The molecule has 1 heterocycles. The van der Waals surface area contributed by atoms with Gasteiger partial charge < -0.3 is 5.32 Å². The summed E-state index contributed by atoms with van der Waals surface area (Å²) < 4.78 is 0. The second-order valence-corrected chi connectivity index (χ2v) is 3.99. The number of hydrogen-bond acceptors (Lipinski definition) is 2. The summed E-state index contributed by atoms with van der Waals surface area (Å²) in [4.78, 5) is 4.34. The molecule has 16 heavy (non-hydrogen) atoms. The molecule has 1 rings (SSSR count). The van der Waals surface area contributed by atoms with E-state index in [1.807, 2.05) is 27.8 Å². The van der Waals surface area contributed by atoms with E-state index in [1.54, 1.807) is 0 Å². The van der Waals surface area contributed by atoms with Gasteiger partial charge in [-0.25, -0.2) is 0 Å². The first-order valence-corrected chi connectivity index (χ1v) is 6.62. The number of allylic oxidation sites excluding steroid dienone is 2. The predicted octanol–water partition coefficient (Wildman–Crippen LogP) is 3.44. The van der Waals surface area contributed by atoms with Gasteiger partial charge in [-0.1, -0.05) is 33.3 Å². The highest BCUT2D eigenvalue weighted by Gasteiger charge is 2.21. The Morgan fingerprint density at radius 1 is 1.38 bits per heavy atom. The first-order chi connectivity index (χ1) is 7.79. The highest BCUT2D eigenvalue weighted by atomic mass is 14.9. The Morgan fingerprint density at radius 2 is 2.06 bits per heavy atom. The van der Waals surface area contributed by atoms with E-state index in [0.29, 0.717) is 12.0 Å². The fraction of sp³-hybridized carbons (Fsp3) is 0.786. The number of piperidine rings is 1. The van der Waals surface area contributed by atoms with Gasteiger partial charge in [0.05, 0.1) is 0 Å². The Balaban J connectivity index is 0.00000106. The Bertz CT molecular complexity index is 213. The minimum atomic E-state index is 0.538. The molecule has 2 atom stereocenters. The van der Waals surface area contributed by atoms with Gasteiger partial charge in [-0.15, -0.1) is 0 Å². The minimum Gasteiger partial charge on any atom is -0.313 e. The molecule has 2 heteroatoms. The molecule has 1 fully saturated rings. The van der Waals surface area contributed by atoms with Gasteiger partial charge in [0.25, 0.3) is 0 Å². The molecule has 2 nitrogen and oxygen atoms in total. The fourth-order valence-electron chi connectivity index (χ4n) is 2.11. The highest BCUT2D eigenvalue weighted by Crippen LogP contribution is 2.16. The summed E-state index contributed by atoms with van der Waals surface area (Å²) in [5.74, 6) is 0.538. The van der Waals surface area contributed by atoms with E-state index in [2.05, 4.69) is 29.4 Å². The van der Waals surface area contributed by atoms with Crippen molar-refractivity contribution in [3.63, 3.8) is 0 Å². The van der Waals surface area contributed by atoms with Crippen molar-refractivity contribution in [3.8, 4) is 0 Å². The minimum absolute atomic E-state index is 0.538. The quantitative estimate of drug-likeness (QED) is 0.730. The van der Waals surface area contributed by atoms with Crippen LogP contribution in [0.1, 0.15) is 47.0 Å². The molecule has 1 N–H and O–H groups in total. The topological polar surface area (TPSA) is 24.4 Å². The van der Waals surface area contributed by atoms with Gasteiger partial charge in [-0.2, -0.15) is 0 Å². The Morgan fingerprint density at radius 3 is 2.50 bits per heavy atom. The maximum absolute atomic E-state index is 4.34. The van der Waals surface area contributed by atoms with Gasteiger partial charge in [-0.05, 0) is 32.4 Å². The standard InChI is InChI=1S/C12H22N2.C2H6/c1-4-7-11(13-3)10(2)12-8-5-6-9-14-12;1-2/h4,7,10,12,14H,5-6,8-9H2,1-3H3;1-2H3/b7-4-,13-11?;. The van der Waals surface area contributed by atoms with Crippen LogP contribution in [-0.2, 0) is 0 Å². The van der Waals surface area contributed by atoms with Crippen molar-refractivity contribution in [1.82, 2.24) is 5.32 Å². The van der Waals surface area contributed by atoms with Crippen molar-refractivity contribution in [3.05, 3.63) is 12.2 Å². The van der Waals surface area contributed by atoms with E-state index in [1.165, 1.54) is 31.5 Å². The molecule has 0 aromatic carbocycles. The summed E-state index contributed by atoms with van der Waals surface area (Å²) in [6, 6.07) is 0.624. The van der Waals surface area contributed by atoms with Crippen LogP contribution >= 0.6 is 0 Å². The third kappa shape index (κ3) is 4.93. The third-order valence-corrected chi connectivity index (χ3v) is 3.01. The third-order valence-electron chi connectivity index (χ3n) is 3.01. The van der Waals surface area contributed by atoms with Gasteiger partial charge in [0.1, 0.15) is 0 Å².